The molecule has 0 bridgehead atoms. The standard InChI is InChI=1S/C21H28N4O4/c1-17(26)24-9-11-25(12-10-24)18-3-5-19(6-4-18)27-14-21(2)15-28-20(29-21)13-23-8-7-22-16-23/h3-8,16,20H,9-15H2,1-2H3. The molecule has 0 spiro atoms. The lowest BCUT2D eigenvalue weighted by molar-refractivity contribution is -0.129. The van der Waals surface area contributed by atoms with Gasteiger partial charge in [-0.2, -0.15) is 0 Å². The van der Waals surface area contributed by atoms with Crippen molar-refractivity contribution >= 4 is 11.6 Å². The maximum Gasteiger partial charge on any atom is 0.219 e. The molecule has 29 heavy (non-hydrogen) atoms. The monoisotopic (exact) mass is 400 g/mol. The first-order valence-electron chi connectivity index (χ1n) is 9.99. The molecule has 0 aliphatic carbocycles. The Hall–Kier alpha value is -2.58. The van der Waals surface area contributed by atoms with Gasteiger partial charge in [0.05, 0.1) is 19.5 Å². The van der Waals surface area contributed by atoms with E-state index in [4.69, 9.17) is 14.2 Å². The van der Waals surface area contributed by atoms with Crippen molar-refractivity contribution in [2.45, 2.75) is 32.3 Å². The summed E-state index contributed by atoms with van der Waals surface area (Å²) in [5.41, 5.74) is 0.667. The van der Waals surface area contributed by atoms with Gasteiger partial charge >= 0.3 is 0 Å². The van der Waals surface area contributed by atoms with Crippen LogP contribution in [0.1, 0.15) is 13.8 Å². The lowest BCUT2D eigenvalue weighted by Crippen LogP contribution is -2.48. The summed E-state index contributed by atoms with van der Waals surface area (Å²) in [7, 11) is 0. The molecule has 2 saturated heterocycles. The smallest absolute Gasteiger partial charge is 0.219 e. The number of hydrogen-bond donors (Lipinski definition) is 0. The van der Waals surface area contributed by atoms with E-state index >= 15 is 0 Å². The van der Waals surface area contributed by atoms with Gasteiger partial charge in [-0.15, -0.1) is 0 Å². The number of carbonyl (C=O) groups is 1. The van der Waals surface area contributed by atoms with Gasteiger partial charge in [0, 0.05) is 51.2 Å². The number of carbonyl (C=O) groups excluding carboxylic acids is 1. The number of hydrogen-bond acceptors (Lipinski definition) is 6. The molecule has 2 aliphatic heterocycles. The lowest BCUT2D eigenvalue weighted by atomic mass is 10.1. The van der Waals surface area contributed by atoms with E-state index in [0.717, 1.165) is 37.6 Å². The maximum absolute atomic E-state index is 11.5. The molecule has 2 aromatic rings. The van der Waals surface area contributed by atoms with E-state index in [-0.39, 0.29) is 12.2 Å². The number of amides is 1. The zero-order valence-electron chi connectivity index (χ0n) is 17.0. The summed E-state index contributed by atoms with van der Waals surface area (Å²) >= 11 is 0. The molecule has 2 atom stereocenters. The zero-order valence-corrected chi connectivity index (χ0v) is 17.0. The quantitative estimate of drug-likeness (QED) is 0.736. The molecule has 0 saturated carbocycles. The number of nitrogens with zero attached hydrogens (tertiary/aromatic N) is 4. The van der Waals surface area contributed by atoms with Gasteiger partial charge in [0.25, 0.3) is 0 Å². The molecule has 2 fully saturated rings. The first kappa shape index (κ1) is 19.7. The van der Waals surface area contributed by atoms with Crippen molar-refractivity contribution in [2.75, 3.05) is 44.3 Å². The molecule has 156 valence electrons. The average Bonchev–Trinajstić information content (AvgIpc) is 3.37. The Labute approximate surface area is 171 Å². The van der Waals surface area contributed by atoms with Crippen LogP contribution in [-0.4, -0.2) is 71.6 Å². The van der Waals surface area contributed by atoms with Gasteiger partial charge in [-0.05, 0) is 31.2 Å². The van der Waals surface area contributed by atoms with Gasteiger partial charge < -0.3 is 28.6 Å². The van der Waals surface area contributed by atoms with Crippen LogP contribution in [0.25, 0.3) is 0 Å². The van der Waals surface area contributed by atoms with Crippen LogP contribution in [0.5, 0.6) is 5.75 Å². The van der Waals surface area contributed by atoms with Crippen molar-refractivity contribution in [1.82, 2.24) is 14.5 Å². The summed E-state index contributed by atoms with van der Waals surface area (Å²) in [6.07, 6.45) is 5.08. The molecule has 1 amide bonds. The number of anilines is 1. The largest absolute Gasteiger partial charge is 0.490 e. The summed E-state index contributed by atoms with van der Waals surface area (Å²) < 4.78 is 19.7. The fourth-order valence-corrected chi connectivity index (χ4v) is 3.66. The minimum absolute atomic E-state index is 0.146. The third-order valence-electron chi connectivity index (χ3n) is 5.38. The highest BCUT2D eigenvalue weighted by molar-refractivity contribution is 5.73. The van der Waals surface area contributed by atoms with Crippen LogP contribution in [-0.2, 0) is 20.8 Å². The van der Waals surface area contributed by atoms with Crippen molar-refractivity contribution in [2.24, 2.45) is 0 Å². The molecule has 4 rings (SSSR count). The summed E-state index contributed by atoms with van der Waals surface area (Å²) in [6.45, 7) is 8.39. The van der Waals surface area contributed by atoms with Gasteiger partial charge in [-0.25, -0.2) is 4.98 Å². The molecule has 0 N–H and O–H groups in total. The Balaban J connectivity index is 1.25. The average molecular weight is 400 g/mol. The fourth-order valence-electron chi connectivity index (χ4n) is 3.66. The summed E-state index contributed by atoms with van der Waals surface area (Å²) in [5.74, 6) is 0.950. The van der Waals surface area contributed by atoms with Crippen LogP contribution in [0.2, 0.25) is 0 Å². The Bertz CT molecular complexity index is 803. The van der Waals surface area contributed by atoms with Crippen LogP contribution in [0, 0.1) is 0 Å². The minimum atomic E-state index is -0.479. The molecule has 0 radical (unpaired) electrons. The topological polar surface area (TPSA) is 69.1 Å². The Morgan fingerprint density at radius 3 is 2.66 bits per heavy atom. The highest BCUT2D eigenvalue weighted by Crippen LogP contribution is 2.26. The molecule has 1 aromatic carbocycles. The van der Waals surface area contributed by atoms with Crippen LogP contribution in [0.3, 0.4) is 0 Å². The number of imidazole rings is 1. The van der Waals surface area contributed by atoms with E-state index in [9.17, 15) is 4.79 Å². The van der Waals surface area contributed by atoms with Crippen molar-refractivity contribution in [3.05, 3.63) is 43.0 Å². The molecule has 3 heterocycles. The maximum atomic E-state index is 11.5. The van der Waals surface area contributed by atoms with E-state index in [0.29, 0.717) is 19.8 Å². The first-order chi connectivity index (χ1) is 14.0. The molecular weight excluding hydrogens is 372 g/mol. The predicted molar refractivity (Wildman–Crippen MR) is 108 cm³/mol. The number of aromatic nitrogens is 2. The van der Waals surface area contributed by atoms with Crippen LogP contribution < -0.4 is 9.64 Å². The number of piperazine rings is 1. The predicted octanol–water partition coefficient (Wildman–Crippen LogP) is 1.76. The zero-order chi connectivity index (χ0) is 20.3. The van der Waals surface area contributed by atoms with E-state index in [1.165, 1.54) is 0 Å². The Morgan fingerprint density at radius 2 is 2.00 bits per heavy atom. The van der Waals surface area contributed by atoms with Crippen molar-refractivity contribution in [3.63, 3.8) is 0 Å². The molecule has 8 heteroatoms. The number of ether oxygens (including phenoxy) is 3. The summed E-state index contributed by atoms with van der Waals surface area (Å²) in [6, 6.07) is 8.09. The number of benzene rings is 1. The minimum Gasteiger partial charge on any atom is -0.490 e. The van der Waals surface area contributed by atoms with Gasteiger partial charge in [0.2, 0.25) is 5.91 Å². The highest BCUT2D eigenvalue weighted by Gasteiger charge is 2.38. The van der Waals surface area contributed by atoms with E-state index in [2.05, 4.69) is 22.0 Å². The molecule has 1 aromatic heterocycles. The third kappa shape index (κ3) is 4.89. The second-order valence-corrected chi connectivity index (χ2v) is 7.84. The van der Waals surface area contributed by atoms with Crippen molar-refractivity contribution < 1.29 is 19.0 Å². The van der Waals surface area contributed by atoms with Gasteiger partial charge in [-0.3, -0.25) is 4.79 Å². The van der Waals surface area contributed by atoms with Gasteiger partial charge in [0.1, 0.15) is 18.0 Å². The summed E-state index contributed by atoms with van der Waals surface area (Å²) in [4.78, 5) is 19.7. The summed E-state index contributed by atoms with van der Waals surface area (Å²) in [5, 5.41) is 0. The van der Waals surface area contributed by atoms with Crippen LogP contribution in [0.15, 0.2) is 43.0 Å². The number of rotatable bonds is 6. The van der Waals surface area contributed by atoms with Crippen LogP contribution in [0.4, 0.5) is 5.69 Å². The van der Waals surface area contributed by atoms with Gasteiger partial charge in [0.15, 0.2) is 6.29 Å². The first-order valence-corrected chi connectivity index (χ1v) is 9.99. The second-order valence-electron chi connectivity index (χ2n) is 7.84. The third-order valence-corrected chi connectivity index (χ3v) is 5.38. The highest BCUT2D eigenvalue weighted by atomic mass is 16.7. The Kier molecular flexibility index (Phi) is 5.73. The molecular formula is C21H28N4O4. The molecule has 2 unspecified atom stereocenters. The van der Waals surface area contributed by atoms with Crippen LogP contribution >= 0.6 is 0 Å². The SMILES string of the molecule is CC(=O)N1CCN(c2ccc(OCC3(C)COC(Cn4ccnc4)O3)cc2)CC1. The second kappa shape index (κ2) is 8.42. The van der Waals surface area contributed by atoms with E-state index in [1.54, 1.807) is 19.4 Å². The van der Waals surface area contributed by atoms with Gasteiger partial charge in [-0.1, -0.05) is 0 Å². The fraction of sp³-hybridized carbons (Fsp3) is 0.524. The molecule has 2 aliphatic rings. The van der Waals surface area contributed by atoms with E-state index < -0.39 is 5.60 Å². The van der Waals surface area contributed by atoms with Crippen molar-refractivity contribution in [1.29, 1.82) is 0 Å². The lowest BCUT2D eigenvalue weighted by Gasteiger charge is -2.35. The normalized spacial score (nSPS) is 24.7. The van der Waals surface area contributed by atoms with E-state index in [1.807, 2.05) is 34.7 Å². The molecule has 8 nitrogen and oxygen atoms in total. The van der Waals surface area contributed by atoms with Crippen molar-refractivity contribution in [3.8, 4) is 5.75 Å². The Morgan fingerprint density at radius 1 is 1.24 bits per heavy atom.